The first-order valence-corrected chi connectivity index (χ1v) is 6.23. The maximum atomic E-state index is 8.98. The lowest BCUT2D eigenvalue weighted by molar-refractivity contribution is 0.280. The van der Waals surface area contributed by atoms with E-state index in [4.69, 9.17) is 5.11 Å². The highest BCUT2D eigenvalue weighted by Crippen LogP contribution is 2.33. The first-order chi connectivity index (χ1) is 7.11. The Kier molecular flexibility index (Phi) is 2.98. The van der Waals surface area contributed by atoms with E-state index in [-0.39, 0.29) is 6.61 Å². The summed E-state index contributed by atoms with van der Waals surface area (Å²) in [7, 11) is 0. The van der Waals surface area contributed by atoms with Gasteiger partial charge in [-0.1, -0.05) is 25.2 Å². The predicted octanol–water partition coefficient (Wildman–Crippen LogP) is 2.26. The van der Waals surface area contributed by atoms with E-state index >= 15 is 0 Å². The molecule has 0 amide bonds. The third-order valence-electron chi connectivity index (χ3n) is 3.08. The summed E-state index contributed by atoms with van der Waals surface area (Å²) in [5, 5.41) is 10.0. The molecule has 3 nitrogen and oxygen atoms in total. The van der Waals surface area contributed by atoms with Gasteiger partial charge in [0.15, 0.2) is 5.13 Å². The highest BCUT2D eigenvalue weighted by atomic mass is 32.1. The van der Waals surface area contributed by atoms with E-state index < -0.39 is 0 Å². The van der Waals surface area contributed by atoms with E-state index in [0.717, 1.165) is 23.1 Å². The number of hydrogen-bond acceptors (Lipinski definition) is 4. The molecule has 1 aliphatic heterocycles. The number of thiazole rings is 1. The average molecular weight is 226 g/mol. The molecule has 0 bridgehead atoms. The first kappa shape index (κ1) is 10.9. The van der Waals surface area contributed by atoms with Gasteiger partial charge in [0.2, 0.25) is 0 Å². The zero-order valence-electron chi connectivity index (χ0n) is 9.36. The van der Waals surface area contributed by atoms with Gasteiger partial charge in [-0.2, -0.15) is 0 Å². The molecule has 2 rings (SSSR count). The smallest absolute Gasteiger partial charge is 0.185 e. The molecule has 1 N–H and O–H groups in total. The van der Waals surface area contributed by atoms with Crippen molar-refractivity contribution in [1.82, 2.24) is 4.98 Å². The molecule has 0 radical (unpaired) electrons. The summed E-state index contributed by atoms with van der Waals surface area (Å²) >= 11 is 1.60. The summed E-state index contributed by atoms with van der Waals surface area (Å²) in [6.45, 7) is 6.93. The van der Waals surface area contributed by atoms with Crippen molar-refractivity contribution in [3.8, 4) is 0 Å². The summed E-state index contributed by atoms with van der Waals surface area (Å²) in [6, 6.07) is 0. The van der Waals surface area contributed by atoms with Crippen LogP contribution in [0.3, 0.4) is 0 Å². The molecule has 15 heavy (non-hydrogen) atoms. The van der Waals surface area contributed by atoms with Crippen LogP contribution in [0.5, 0.6) is 0 Å². The Balaban J connectivity index is 2.01. The second-order valence-corrected chi connectivity index (χ2v) is 6.01. The molecule has 2 heterocycles. The van der Waals surface area contributed by atoms with Gasteiger partial charge >= 0.3 is 0 Å². The Bertz CT molecular complexity index is 325. The molecular weight excluding hydrogens is 208 g/mol. The first-order valence-electron chi connectivity index (χ1n) is 5.41. The van der Waals surface area contributed by atoms with Crippen molar-refractivity contribution in [2.24, 2.45) is 5.41 Å². The molecule has 1 aromatic rings. The molecule has 4 heteroatoms. The Morgan fingerprint density at radius 1 is 1.47 bits per heavy atom. The number of nitrogens with zero attached hydrogens (tertiary/aromatic N) is 2. The van der Waals surface area contributed by atoms with E-state index in [1.165, 1.54) is 12.8 Å². The molecule has 1 fully saturated rings. The monoisotopic (exact) mass is 226 g/mol. The van der Waals surface area contributed by atoms with Crippen LogP contribution in [0.4, 0.5) is 5.13 Å². The minimum atomic E-state index is 0.108. The lowest BCUT2D eigenvalue weighted by Gasteiger charge is -2.36. The van der Waals surface area contributed by atoms with E-state index in [0.29, 0.717) is 5.41 Å². The van der Waals surface area contributed by atoms with Crippen LogP contribution < -0.4 is 4.90 Å². The lowest BCUT2D eigenvalue weighted by atomic mass is 9.83. The van der Waals surface area contributed by atoms with Crippen LogP contribution in [-0.4, -0.2) is 23.2 Å². The van der Waals surface area contributed by atoms with Gasteiger partial charge in [0.1, 0.15) is 0 Å². The maximum Gasteiger partial charge on any atom is 0.185 e. The van der Waals surface area contributed by atoms with Gasteiger partial charge in [0.25, 0.3) is 0 Å². The predicted molar refractivity (Wildman–Crippen MR) is 63.3 cm³/mol. The van der Waals surface area contributed by atoms with Gasteiger partial charge in [-0.3, -0.25) is 0 Å². The van der Waals surface area contributed by atoms with Gasteiger partial charge in [0.05, 0.1) is 11.5 Å². The molecule has 0 aromatic carbocycles. The van der Waals surface area contributed by atoms with Crippen LogP contribution in [0.25, 0.3) is 0 Å². The number of aromatic nitrogens is 1. The minimum absolute atomic E-state index is 0.108. The number of hydrogen-bond donors (Lipinski definition) is 1. The summed E-state index contributed by atoms with van der Waals surface area (Å²) in [4.78, 5) is 7.62. The molecule has 0 aliphatic carbocycles. The fraction of sp³-hybridized carbons (Fsp3) is 0.727. The fourth-order valence-electron chi connectivity index (χ4n) is 1.82. The second-order valence-electron chi connectivity index (χ2n) is 4.92. The summed E-state index contributed by atoms with van der Waals surface area (Å²) < 4.78 is 0. The summed E-state index contributed by atoms with van der Waals surface area (Å²) in [5.41, 5.74) is 0.480. The van der Waals surface area contributed by atoms with Crippen LogP contribution in [0, 0.1) is 5.41 Å². The molecular formula is C11H18N2OS. The van der Waals surface area contributed by atoms with Gasteiger partial charge in [-0.05, 0) is 18.3 Å². The Morgan fingerprint density at radius 2 is 2.13 bits per heavy atom. The highest BCUT2D eigenvalue weighted by molar-refractivity contribution is 7.15. The highest BCUT2D eigenvalue weighted by Gasteiger charge is 2.26. The van der Waals surface area contributed by atoms with Crippen LogP contribution >= 0.6 is 11.3 Å². The van der Waals surface area contributed by atoms with Gasteiger partial charge in [0, 0.05) is 19.3 Å². The Hall–Kier alpha value is -0.610. The molecule has 0 unspecified atom stereocenters. The molecule has 1 aromatic heterocycles. The standard InChI is InChI=1S/C11H18N2OS/c1-11(2)3-5-13(6-4-11)10-12-7-9(8-14)15-10/h7,14H,3-6,8H2,1-2H3. The number of anilines is 1. The normalized spacial score (nSPS) is 20.6. The van der Waals surface area contributed by atoms with Crippen molar-refractivity contribution in [3.05, 3.63) is 11.1 Å². The van der Waals surface area contributed by atoms with Crippen molar-refractivity contribution in [3.63, 3.8) is 0 Å². The van der Waals surface area contributed by atoms with Crippen molar-refractivity contribution in [2.75, 3.05) is 18.0 Å². The molecule has 84 valence electrons. The zero-order valence-corrected chi connectivity index (χ0v) is 10.2. The Morgan fingerprint density at radius 3 is 2.67 bits per heavy atom. The van der Waals surface area contributed by atoms with Crippen molar-refractivity contribution in [1.29, 1.82) is 0 Å². The second kappa shape index (κ2) is 4.10. The summed E-state index contributed by atoms with van der Waals surface area (Å²) in [6.07, 6.45) is 4.22. The Labute approximate surface area is 94.8 Å². The average Bonchev–Trinajstić information content (AvgIpc) is 2.66. The topological polar surface area (TPSA) is 36.4 Å². The largest absolute Gasteiger partial charge is 0.391 e. The van der Waals surface area contributed by atoms with E-state index in [1.54, 1.807) is 17.5 Å². The van der Waals surface area contributed by atoms with Crippen molar-refractivity contribution in [2.45, 2.75) is 33.3 Å². The van der Waals surface area contributed by atoms with Gasteiger partial charge in [-0.15, -0.1) is 0 Å². The van der Waals surface area contributed by atoms with Crippen LogP contribution in [0.1, 0.15) is 31.6 Å². The van der Waals surface area contributed by atoms with E-state index in [1.807, 2.05) is 0 Å². The summed E-state index contributed by atoms with van der Waals surface area (Å²) in [5.74, 6) is 0. The molecule has 0 saturated carbocycles. The molecule has 0 atom stereocenters. The van der Waals surface area contributed by atoms with Crippen molar-refractivity contribution < 1.29 is 5.11 Å². The SMILES string of the molecule is CC1(C)CCN(c2ncc(CO)s2)CC1. The quantitative estimate of drug-likeness (QED) is 0.840. The van der Waals surface area contributed by atoms with Crippen LogP contribution in [-0.2, 0) is 6.61 Å². The van der Waals surface area contributed by atoms with Crippen LogP contribution in [0.15, 0.2) is 6.20 Å². The van der Waals surface area contributed by atoms with Gasteiger partial charge < -0.3 is 10.0 Å². The third kappa shape index (κ3) is 2.49. The number of aliphatic hydroxyl groups is 1. The molecule has 1 saturated heterocycles. The number of piperidine rings is 1. The number of aliphatic hydroxyl groups excluding tert-OH is 1. The molecule has 0 spiro atoms. The lowest BCUT2D eigenvalue weighted by Crippen LogP contribution is -2.37. The molecule has 1 aliphatic rings. The maximum absolute atomic E-state index is 8.98. The van der Waals surface area contributed by atoms with E-state index in [2.05, 4.69) is 23.7 Å². The van der Waals surface area contributed by atoms with Crippen molar-refractivity contribution >= 4 is 16.5 Å². The zero-order chi connectivity index (χ0) is 10.9. The fourth-order valence-corrected chi connectivity index (χ4v) is 2.64. The van der Waals surface area contributed by atoms with Crippen LogP contribution in [0.2, 0.25) is 0 Å². The minimum Gasteiger partial charge on any atom is -0.391 e. The number of rotatable bonds is 2. The third-order valence-corrected chi connectivity index (χ3v) is 4.13. The van der Waals surface area contributed by atoms with Gasteiger partial charge in [-0.25, -0.2) is 4.98 Å². The van der Waals surface area contributed by atoms with E-state index in [9.17, 15) is 0 Å².